The van der Waals surface area contributed by atoms with E-state index < -0.39 is 5.97 Å². The van der Waals surface area contributed by atoms with Crippen LogP contribution in [-0.2, 0) is 10.2 Å². The molecule has 1 N–H and O–H groups in total. The number of rotatable bonds is 3. The minimum Gasteiger partial charge on any atom is -0.461 e. The first kappa shape index (κ1) is 15.6. The van der Waals surface area contributed by atoms with Gasteiger partial charge in [0.2, 0.25) is 0 Å². The number of H-pyrrole nitrogens is 1. The molecule has 0 fully saturated rings. The van der Waals surface area contributed by atoms with Crippen LogP contribution in [0.2, 0.25) is 5.02 Å². The van der Waals surface area contributed by atoms with Crippen LogP contribution in [0.3, 0.4) is 0 Å². The summed E-state index contributed by atoms with van der Waals surface area (Å²) in [6.45, 7) is 8.13. The number of benzene rings is 1. The number of ether oxygens (including phenoxy) is 1. The monoisotopic (exact) mass is 306 g/mol. The first-order chi connectivity index (χ1) is 9.84. The quantitative estimate of drug-likeness (QED) is 0.864. The lowest BCUT2D eigenvalue weighted by molar-refractivity contribution is 0.0517. The van der Waals surface area contributed by atoms with Gasteiger partial charge in [-0.2, -0.15) is 0 Å². The van der Waals surface area contributed by atoms with Crippen molar-refractivity contribution in [3.8, 4) is 11.4 Å². The highest BCUT2D eigenvalue weighted by Gasteiger charge is 2.28. The third kappa shape index (κ3) is 3.27. The lowest BCUT2D eigenvalue weighted by atomic mass is 9.91. The molecule has 2 aromatic rings. The molecule has 1 aromatic heterocycles. The molecule has 112 valence electrons. The standard InChI is InChI=1S/C16H19ClN2O2/c1-5-21-15(20)12-13(16(2,3)4)19-14(18-12)10-8-6-7-9-11(10)17/h6-9H,5H2,1-4H3,(H,18,19). The zero-order valence-corrected chi connectivity index (χ0v) is 13.4. The molecule has 5 heteroatoms. The highest BCUT2D eigenvalue weighted by Crippen LogP contribution is 2.31. The van der Waals surface area contributed by atoms with Crippen molar-refractivity contribution in [2.24, 2.45) is 0 Å². The summed E-state index contributed by atoms with van der Waals surface area (Å²) in [7, 11) is 0. The van der Waals surface area contributed by atoms with Crippen LogP contribution in [0.5, 0.6) is 0 Å². The van der Waals surface area contributed by atoms with Gasteiger partial charge in [-0.3, -0.25) is 0 Å². The van der Waals surface area contributed by atoms with E-state index in [4.69, 9.17) is 16.3 Å². The van der Waals surface area contributed by atoms with Crippen molar-refractivity contribution in [1.82, 2.24) is 9.97 Å². The van der Waals surface area contributed by atoms with Gasteiger partial charge < -0.3 is 9.72 Å². The predicted octanol–water partition coefficient (Wildman–Crippen LogP) is 4.20. The molecule has 0 radical (unpaired) electrons. The fourth-order valence-electron chi connectivity index (χ4n) is 2.04. The summed E-state index contributed by atoms with van der Waals surface area (Å²) < 4.78 is 5.09. The molecule has 1 heterocycles. The molecule has 4 nitrogen and oxygen atoms in total. The van der Waals surface area contributed by atoms with Crippen LogP contribution in [0, 0.1) is 0 Å². The van der Waals surface area contributed by atoms with Crippen molar-refractivity contribution < 1.29 is 9.53 Å². The van der Waals surface area contributed by atoms with E-state index in [1.165, 1.54) is 0 Å². The molecule has 0 saturated carbocycles. The summed E-state index contributed by atoms with van der Waals surface area (Å²) >= 11 is 6.20. The molecule has 21 heavy (non-hydrogen) atoms. The molecule has 0 spiro atoms. The molecule has 0 bridgehead atoms. The maximum atomic E-state index is 12.1. The topological polar surface area (TPSA) is 55.0 Å². The minimum absolute atomic E-state index is 0.255. The molecule has 0 saturated heterocycles. The van der Waals surface area contributed by atoms with Crippen LogP contribution >= 0.6 is 11.6 Å². The van der Waals surface area contributed by atoms with Crippen molar-refractivity contribution in [3.05, 3.63) is 40.7 Å². The minimum atomic E-state index is -0.419. The Hall–Kier alpha value is -1.81. The summed E-state index contributed by atoms with van der Waals surface area (Å²) in [4.78, 5) is 19.7. The molecule has 1 aromatic carbocycles. The van der Waals surface area contributed by atoms with E-state index in [1.807, 2.05) is 39.0 Å². The van der Waals surface area contributed by atoms with Gasteiger partial charge in [0.1, 0.15) is 5.82 Å². The Bertz CT molecular complexity index is 657. The number of nitrogens with zero attached hydrogens (tertiary/aromatic N) is 1. The normalized spacial score (nSPS) is 11.5. The van der Waals surface area contributed by atoms with Gasteiger partial charge in [-0.05, 0) is 19.1 Å². The summed E-state index contributed by atoms with van der Waals surface area (Å²) in [5.41, 5.74) is 1.57. The second-order valence-corrected chi connectivity index (χ2v) is 6.17. The molecule has 2 rings (SSSR count). The molecule has 0 aliphatic rings. The Labute approximate surface area is 129 Å². The number of esters is 1. The Balaban J connectivity index is 2.56. The van der Waals surface area contributed by atoms with E-state index in [1.54, 1.807) is 13.0 Å². The molecule has 0 aliphatic heterocycles. The van der Waals surface area contributed by atoms with E-state index in [0.29, 0.717) is 23.1 Å². The molecular formula is C16H19ClN2O2. The van der Waals surface area contributed by atoms with Crippen LogP contribution in [-0.4, -0.2) is 22.5 Å². The van der Waals surface area contributed by atoms with Gasteiger partial charge in [-0.1, -0.05) is 44.5 Å². The fraction of sp³-hybridized carbons (Fsp3) is 0.375. The Morgan fingerprint density at radius 2 is 2.00 bits per heavy atom. The first-order valence-corrected chi connectivity index (χ1v) is 7.25. The number of imidazole rings is 1. The van der Waals surface area contributed by atoms with Crippen LogP contribution in [0.4, 0.5) is 0 Å². The number of hydrogen-bond acceptors (Lipinski definition) is 3. The smallest absolute Gasteiger partial charge is 0.358 e. The van der Waals surface area contributed by atoms with Gasteiger partial charge in [0, 0.05) is 11.0 Å². The largest absolute Gasteiger partial charge is 0.461 e. The predicted molar refractivity (Wildman–Crippen MR) is 83.7 cm³/mol. The molecule has 0 aliphatic carbocycles. The zero-order chi connectivity index (χ0) is 15.6. The number of hydrogen-bond donors (Lipinski definition) is 1. The summed E-state index contributed by atoms with van der Waals surface area (Å²) in [6.07, 6.45) is 0. The number of aromatic nitrogens is 2. The molecular weight excluding hydrogens is 288 g/mol. The number of carbonyl (C=O) groups is 1. The maximum absolute atomic E-state index is 12.1. The van der Waals surface area contributed by atoms with Crippen LogP contribution in [0.1, 0.15) is 43.9 Å². The van der Waals surface area contributed by atoms with Crippen molar-refractivity contribution in [3.63, 3.8) is 0 Å². The second kappa shape index (κ2) is 5.90. The van der Waals surface area contributed by atoms with Crippen LogP contribution < -0.4 is 0 Å². The Morgan fingerprint density at radius 1 is 1.33 bits per heavy atom. The molecule has 0 atom stereocenters. The van der Waals surface area contributed by atoms with E-state index in [2.05, 4.69) is 9.97 Å². The van der Waals surface area contributed by atoms with Gasteiger partial charge in [0.05, 0.1) is 17.3 Å². The number of carbonyl (C=O) groups excluding carboxylic acids is 1. The van der Waals surface area contributed by atoms with Gasteiger partial charge in [-0.25, -0.2) is 9.78 Å². The van der Waals surface area contributed by atoms with Crippen molar-refractivity contribution >= 4 is 17.6 Å². The summed E-state index contributed by atoms with van der Waals surface area (Å²) in [6, 6.07) is 7.39. The second-order valence-electron chi connectivity index (χ2n) is 5.76. The summed E-state index contributed by atoms with van der Waals surface area (Å²) in [5.74, 6) is 0.158. The van der Waals surface area contributed by atoms with Crippen molar-refractivity contribution in [1.29, 1.82) is 0 Å². The number of halogens is 1. The van der Waals surface area contributed by atoms with Gasteiger partial charge in [0.25, 0.3) is 0 Å². The Morgan fingerprint density at radius 3 is 2.57 bits per heavy atom. The van der Waals surface area contributed by atoms with Gasteiger partial charge in [-0.15, -0.1) is 0 Å². The SMILES string of the molecule is CCOC(=O)c1nc(-c2ccccc2Cl)[nH]c1C(C)(C)C. The lowest BCUT2D eigenvalue weighted by Crippen LogP contribution is -2.18. The lowest BCUT2D eigenvalue weighted by Gasteiger charge is -2.17. The average Bonchev–Trinajstić information content (AvgIpc) is 2.84. The van der Waals surface area contributed by atoms with E-state index in [9.17, 15) is 4.79 Å². The van der Waals surface area contributed by atoms with Crippen LogP contribution in [0.25, 0.3) is 11.4 Å². The highest BCUT2D eigenvalue weighted by molar-refractivity contribution is 6.33. The third-order valence-electron chi connectivity index (χ3n) is 3.05. The van der Waals surface area contributed by atoms with E-state index in [-0.39, 0.29) is 5.41 Å². The summed E-state index contributed by atoms with van der Waals surface area (Å²) in [5, 5.41) is 0.585. The zero-order valence-electron chi connectivity index (χ0n) is 12.7. The van der Waals surface area contributed by atoms with Crippen molar-refractivity contribution in [2.75, 3.05) is 6.61 Å². The Kier molecular flexibility index (Phi) is 4.37. The third-order valence-corrected chi connectivity index (χ3v) is 3.38. The van der Waals surface area contributed by atoms with Crippen LogP contribution in [0.15, 0.2) is 24.3 Å². The van der Waals surface area contributed by atoms with Crippen molar-refractivity contribution in [2.45, 2.75) is 33.1 Å². The fourth-order valence-corrected chi connectivity index (χ4v) is 2.27. The average molecular weight is 307 g/mol. The van der Waals surface area contributed by atoms with E-state index in [0.717, 1.165) is 11.3 Å². The number of aromatic amines is 1. The maximum Gasteiger partial charge on any atom is 0.358 e. The van der Waals surface area contributed by atoms with Gasteiger partial charge in [0.15, 0.2) is 5.69 Å². The van der Waals surface area contributed by atoms with E-state index >= 15 is 0 Å². The molecule has 0 amide bonds. The molecule has 0 unspecified atom stereocenters. The number of nitrogens with one attached hydrogen (secondary N) is 1. The van der Waals surface area contributed by atoms with Gasteiger partial charge >= 0.3 is 5.97 Å². The first-order valence-electron chi connectivity index (χ1n) is 6.87. The highest BCUT2D eigenvalue weighted by atomic mass is 35.5.